The van der Waals surface area contributed by atoms with Gasteiger partial charge in [-0.25, -0.2) is 0 Å². The van der Waals surface area contributed by atoms with E-state index < -0.39 is 0 Å². The van der Waals surface area contributed by atoms with Gasteiger partial charge in [-0.1, -0.05) is 12.1 Å². The molecule has 2 heterocycles. The molecule has 0 radical (unpaired) electrons. The molecule has 1 aromatic heterocycles. The van der Waals surface area contributed by atoms with Crippen molar-refractivity contribution in [1.82, 2.24) is 10.6 Å². The maximum atomic E-state index is 5.88. The molecule has 0 amide bonds. The Morgan fingerprint density at radius 2 is 2.08 bits per heavy atom. The van der Waals surface area contributed by atoms with Gasteiger partial charge < -0.3 is 20.1 Å². The highest BCUT2D eigenvalue weighted by Gasteiger charge is 2.15. The molecule has 0 bridgehead atoms. The minimum atomic E-state index is 0.298. The molecule has 0 saturated carbocycles. The van der Waals surface area contributed by atoms with Gasteiger partial charge in [0, 0.05) is 47.8 Å². The Hall–Kier alpha value is -2.21. The third kappa shape index (κ3) is 4.91. The highest BCUT2D eigenvalue weighted by atomic mass is 32.1. The zero-order valence-corrected chi connectivity index (χ0v) is 16.5. The summed E-state index contributed by atoms with van der Waals surface area (Å²) in [6, 6.07) is 10.7. The van der Waals surface area contributed by atoms with E-state index in [1.807, 2.05) is 23.5 Å². The molecular weight excluding hydrogens is 346 g/mol. The average molecular weight is 374 g/mol. The van der Waals surface area contributed by atoms with E-state index >= 15 is 0 Å². The molecule has 26 heavy (non-hydrogen) atoms. The molecule has 2 N–H and O–H groups in total. The molecule has 1 atom stereocenters. The van der Waals surface area contributed by atoms with Crippen LogP contribution < -0.4 is 20.1 Å². The minimum absolute atomic E-state index is 0.298. The van der Waals surface area contributed by atoms with Crippen LogP contribution in [0.25, 0.3) is 0 Å². The van der Waals surface area contributed by atoms with E-state index in [4.69, 9.17) is 9.47 Å². The van der Waals surface area contributed by atoms with E-state index in [9.17, 15) is 0 Å². The first kappa shape index (κ1) is 18.6. The largest absolute Gasteiger partial charge is 0.490 e. The molecule has 6 heteroatoms. The first-order valence-corrected chi connectivity index (χ1v) is 9.87. The molecule has 0 fully saturated rings. The van der Waals surface area contributed by atoms with Crippen molar-refractivity contribution >= 4 is 17.3 Å². The van der Waals surface area contributed by atoms with Crippen LogP contribution in [-0.2, 0) is 13.0 Å². The lowest BCUT2D eigenvalue weighted by atomic mass is 10.2. The smallest absolute Gasteiger partial charge is 0.191 e. The molecule has 0 aliphatic carbocycles. The first-order chi connectivity index (χ1) is 12.7. The van der Waals surface area contributed by atoms with Crippen molar-refractivity contribution in [3.05, 3.63) is 45.6 Å². The number of thiophene rings is 1. The van der Waals surface area contributed by atoms with Gasteiger partial charge in [0.15, 0.2) is 17.5 Å². The zero-order valence-electron chi connectivity index (χ0n) is 15.7. The van der Waals surface area contributed by atoms with Gasteiger partial charge in [-0.15, -0.1) is 11.3 Å². The van der Waals surface area contributed by atoms with Crippen LogP contribution in [0, 0.1) is 6.92 Å². The summed E-state index contributed by atoms with van der Waals surface area (Å²) < 4.78 is 11.6. The second-order valence-electron chi connectivity index (χ2n) is 6.48. The van der Waals surface area contributed by atoms with Crippen molar-refractivity contribution in [2.75, 3.05) is 20.3 Å². The van der Waals surface area contributed by atoms with Crippen LogP contribution in [0.1, 0.15) is 28.7 Å². The fourth-order valence-corrected chi connectivity index (χ4v) is 3.97. The Labute approximate surface area is 159 Å². The van der Waals surface area contributed by atoms with E-state index in [1.165, 1.54) is 9.75 Å². The van der Waals surface area contributed by atoms with Crippen LogP contribution in [-0.4, -0.2) is 32.3 Å². The van der Waals surface area contributed by atoms with Crippen LogP contribution in [0.5, 0.6) is 11.5 Å². The zero-order chi connectivity index (χ0) is 18.4. The quantitative estimate of drug-likeness (QED) is 0.622. The number of hydrogen-bond acceptors (Lipinski definition) is 4. The number of ether oxygens (including phenoxy) is 2. The molecule has 1 aliphatic rings. The number of fused-ring (bicyclic) bond motifs is 1. The Bertz CT molecular complexity index is 757. The van der Waals surface area contributed by atoms with Crippen LogP contribution in [0.15, 0.2) is 35.3 Å². The van der Waals surface area contributed by atoms with Crippen LogP contribution >= 0.6 is 11.3 Å². The molecular formula is C20H27N3O2S. The molecule has 1 aliphatic heterocycles. The van der Waals surface area contributed by atoms with Crippen LogP contribution in [0.2, 0.25) is 0 Å². The normalized spacial score (nSPS) is 15.3. The number of hydrogen-bond donors (Lipinski definition) is 2. The van der Waals surface area contributed by atoms with Crippen molar-refractivity contribution in [3.63, 3.8) is 0 Å². The van der Waals surface area contributed by atoms with Gasteiger partial charge in [-0.05, 0) is 32.0 Å². The molecule has 1 aromatic carbocycles. The predicted octanol–water partition coefficient (Wildman–Crippen LogP) is 3.51. The predicted molar refractivity (Wildman–Crippen MR) is 108 cm³/mol. The summed E-state index contributed by atoms with van der Waals surface area (Å²) in [5.74, 6) is 2.46. The van der Waals surface area contributed by atoms with Gasteiger partial charge in [-0.3, -0.25) is 4.99 Å². The summed E-state index contributed by atoms with van der Waals surface area (Å²) in [6.45, 7) is 6.34. The number of aryl methyl sites for hydroxylation is 1. The molecule has 2 aromatic rings. The summed E-state index contributed by atoms with van der Waals surface area (Å²) in [7, 11) is 1.79. The maximum absolute atomic E-state index is 5.88. The van der Waals surface area contributed by atoms with Gasteiger partial charge in [0.05, 0.1) is 13.2 Å². The van der Waals surface area contributed by atoms with E-state index in [0.29, 0.717) is 25.8 Å². The van der Waals surface area contributed by atoms with Crippen LogP contribution in [0.4, 0.5) is 0 Å². The van der Waals surface area contributed by atoms with Crippen molar-refractivity contribution in [1.29, 1.82) is 0 Å². The fourth-order valence-electron chi connectivity index (χ4n) is 2.95. The summed E-state index contributed by atoms with van der Waals surface area (Å²) in [4.78, 5) is 7.08. The molecule has 1 unspecified atom stereocenters. The second kappa shape index (κ2) is 8.94. The molecule has 0 saturated heterocycles. The SMILES string of the molecule is CN=C(NCc1cccc2c1OCCCO2)NC(C)Cc1ccc(C)s1. The highest BCUT2D eigenvalue weighted by Crippen LogP contribution is 2.33. The summed E-state index contributed by atoms with van der Waals surface area (Å²) in [5.41, 5.74) is 1.08. The lowest BCUT2D eigenvalue weighted by Crippen LogP contribution is -2.42. The van der Waals surface area contributed by atoms with Gasteiger partial charge in [-0.2, -0.15) is 0 Å². The van der Waals surface area contributed by atoms with Gasteiger partial charge >= 0.3 is 0 Å². The number of nitrogens with one attached hydrogen (secondary N) is 2. The number of nitrogens with zero attached hydrogens (tertiary/aromatic N) is 1. The molecule has 140 valence electrons. The topological polar surface area (TPSA) is 54.9 Å². The van der Waals surface area contributed by atoms with Crippen LogP contribution in [0.3, 0.4) is 0 Å². The Morgan fingerprint density at radius 3 is 2.85 bits per heavy atom. The van der Waals surface area contributed by atoms with E-state index in [-0.39, 0.29) is 0 Å². The van der Waals surface area contributed by atoms with Crippen molar-refractivity contribution in [3.8, 4) is 11.5 Å². The third-order valence-corrected chi connectivity index (χ3v) is 5.23. The third-order valence-electron chi connectivity index (χ3n) is 4.21. The van der Waals surface area contributed by atoms with Gasteiger partial charge in [0.2, 0.25) is 0 Å². The summed E-state index contributed by atoms with van der Waals surface area (Å²) >= 11 is 1.85. The van der Waals surface area contributed by atoms with Crippen molar-refractivity contribution in [2.45, 2.75) is 39.3 Å². The lowest BCUT2D eigenvalue weighted by molar-refractivity contribution is 0.296. The number of rotatable bonds is 5. The van der Waals surface area contributed by atoms with Crippen molar-refractivity contribution in [2.24, 2.45) is 4.99 Å². The van der Waals surface area contributed by atoms with E-state index in [0.717, 1.165) is 35.9 Å². The summed E-state index contributed by atoms with van der Waals surface area (Å²) in [6.07, 6.45) is 1.89. The van der Waals surface area contributed by atoms with Crippen molar-refractivity contribution < 1.29 is 9.47 Å². The maximum Gasteiger partial charge on any atom is 0.191 e. The summed E-state index contributed by atoms with van der Waals surface area (Å²) in [5, 5.41) is 6.85. The molecule has 3 rings (SSSR count). The fraction of sp³-hybridized carbons (Fsp3) is 0.450. The Morgan fingerprint density at radius 1 is 1.23 bits per heavy atom. The Balaban J connectivity index is 1.57. The number of aliphatic imine (C=N–C) groups is 1. The van der Waals surface area contributed by atoms with E-state index in [1.54, 1.807) is 7.05 Å². The number of benzene rings is 1. The second-order valence-corrected chi connectivity index (χ2v) is 7.85. The van der Waals surface area contributed by atoms with Gasteiger partial charge in [0.1, 0.15) is 0 Å². The molecule has 5 nitrogen and oxygen atoms in total. The van der Waals surface area contributed by atoms with Gasteiger partial charge in [0.25, 0.3) is 0 Å². The lowest BCUT2D eigenvalue weighted by Gasteiger charge is -2.18. The standard InChI is InChI=1S/C20H27N3O2S/c1-14(12-17-9-8-15(2)26-17)23-20(21-3)22-13-16-6-4-7-18-19(16)25-11-5-10-24-18/h4,6-9,14H,5,10-13H2,1-3H3,(H2,21,22,23). The first-order valence-electron chi connectivity index (χ1n) is 9.05. The average Bonchev–Trinajstić information content (AvgIpc) is 2.89. The number of guanidine groups is 1. The molecule has 0 spiro atoms. The Kier molecular flexibility index (Phi) is 6.39. The van der Waals surface area contributed by atoms with E-state index in [2.05, 4.69) is 47.7 Å². The minimum Gasteiger partial charge on any atom is -0.490 e. The number of para-hydroxylation sites is 1. The highest BCUT2D eigenvalue weighted by molar-refractivity contribution is 7.11. The monoisotopic (exact) mass is 373 g/mol.